The molecule has 1 rings (SSSR count). The van der Waals surface area contributed by atoms with E-state index in [2.05, 4.69) is 20.8 Å². The van der Waals surface area contributed by atoms with Gasteiger partial charge in [0.1, 0.15) is 0 Å². The van der Waals surface area contributed by atoms with Gasteiger partial charge >= 0.3 is 0 Å². The first kappa shape index (κ1) is 10.1. The quantitative estimate of drug-likeness (QED) is 0.586. The fourth-order valence-corrected chi connectivity index (χ4v) is 2.69. The molecule has 0 N–H and O–H groups in total. The summed E-state index contributed by atoms with van der Waals surface area (Å²) in [5.74, 6) is 1.00. The highest BCUT2D eigenvalue weighted by Crippen LogP contribution is 2.44. The van der Waals surface area contributed by atoms with E-state index in [4.69, 9.17) is 0 Å². The average molecular weight is 168 g/mol. The lowest BCUT2D eigenvalue weighted by molar-refractivity contribution is 0.135. The molecule has 0 aromatic heterocycles. The van der Waals surface area contributed by atoms with E-state index in [9.17, 15) is 0 Å². The molecule has 0 spiro atoms. The van der Waals surface area contributed by atoms with Crippen molar-refractivity contribution in [2.45, 2.75) is 65.7 Å². The third-order valence-corrected chi connectivity index (χ3v) is 3.87. The summed E-state index contributed by atoms with van der Waals surface area (Å²) in [5.41, 5.74) is 0.751. The topological polar surface area (TPSA) is 0 Å². The Morgan fingerprint density at radius 2 is 1.75 bits per heavy atom. The molecule has 0 amide bonds. The Kier molecular flexibility index (Phi) is 3.61. The fourth-order valence-electron chi connectivity index (χ4n) is 2.69. The third-order valence-electron chi connectivity index (χ3n) is 3.87. The molecular formula is C12H24. The van der Waals surface area contributed by atoms with E-state index in [1.807, 2.05) is 0 Å². The molecule has 0 aromatic carbocycles. The lowest BCUT2D eigenvalue weighted by Crippen LogP contribution is -2.25. The summed E-state index contributed by atoms with van der Waals surface area (Å²) in [6.07, 6.45) is 10.2. The van der Waals surface area contributed by atoms with Crippen molar-refractivity contribution in [3.8, 4) is 0 Å². The fraction of sp³-hybridized carbons (Fsp3) is 1.00. The Balaban J connectivity index is 2.45. The summed E-state index contributed by atoms with van der Waals surface area (Å²) in [6.45, 7) is 7.12. The van der Waals surface area contributed by atoms with E-state index in [0.29, 0.717) is 0 Å². The van der Waals surface area contributed by atoms with Crippen molar-refractivity contribution in [3.05, 3.63) is 0 Å². The molecule has 12 heavy (non-hydrogen) atoms. The summed E-state index contributed by atoms with van der Waals surface area (Å²) in [4.78, 5) is 0. The van der Waals surface area contributed by atoms with Crippen molar-refractivity contribution >= 4 is 0 Å². The van der Waals surface area contributed by atoms with Crippen molar-refractivity contribution in [1.29, 1.82) is 0 Å². The van der Waals surface area contributed by atoms with Crippen LogP contribution in [0.2, 0.25) is 0 Å². The first-order valence-electron chi connectivity index (χ1n) is 5.72. The van der Waals surface area contributed by atoms with Gasteiger partial charge in [-0.2, -0.15) is 0 Å². The normalized spacial score (nSPS) is 36.8. The highest BCUT2D eigenvalue weighted by atomic mass is 14.4. The molecule has 0 bridgehead atoms. The highest BCUT2D eigenvalue weighted by Gasteiger charge is 2.31. The maximum atomic E-state index is 2.41. The van der Waals surface area contributed by atoms with E-state index < -0.39 is 0 Å². The second-order valence-electron chi connectivity index (χ2n) is 4.79. The van der Waals surface area contributed by atoms with E-state index in [1.165, 1.54) is 44.9 Å². The SMILES string of the molecule is CCCC1(CC)CCC(C)CC1. The van der Waals surface area contributed by atoms with Gasteiger partial charge < -0.3 is 0 Å². The number of rotatable bonds is 3. The van der Waals surface area contributed by atoms with E-state index in [1.54, 1.807) is 0 Å². The second-order valence-corrected chi connectivity index (χ2v) is 4.79. The van der Waals surface area contributed by atoms with Crippen LogP contribution in [0.5, 0.6) is 0 Å². The smallest absolute Gasteiger partial charge is 0.0300 e. The summed E-state index contributed by atoms with van der Waals surface area (Å²) in [5, 5.41) is 0. The summed E-state index contributed by atoms with van der Waals surface area (Å²) in [7, 11) is 0. The van der Waals surface area contributed by atoms with Crippen molar-refractivity contribution in [2.75, 3.05) is 0 Å². The molecule has 0 aliphatic heterocycles. The van der Waals surface area contributed by atoms with Gasteiger partial charge in [0.05, 0.1) is 0 Å². The van der Waals surface area contributed by atoms with Gasteiger partial charge in [0.25, 0.3) is 0 Å². The third kappa shape index (κ3) is 2.24. The molecule has 0 nitrogen and oxygen atoms in total. The van der Waals surface area contributed by atoms with Crippen LogP contribution in [-0.4, -0.2) is 0 Å². The first-order chi connectivity index (χ1) is 5.72. The summed E-state index contributed by atoms with van der Waals surface area (Å²) >= 11 is 0. The maximum absolute atomic E-state index is 2.41. The molecule has 0 radical (unpaired) electrons. The Morgan fingerprint density at radius 1 is 1.17 bits per heavy atom. The largest absolute Gasteiger partial charge is 0.0654 e. The van der Waals surface area contributed by atoms with Crippen molar-refractivity contribution in [1.82, 2.24) is 0 Å². The first-order valence-corrected chi connectivity index (χ1v) is 5.72. The molecule has 0 saturated heterocycles. The van der Waals surface area contributed by atoms with Crippen molar-refractivity contribution < 1.29 is 0 Å². The molecule has 0 aromatic rings. The maximum Gasteiger partial charge on any atom is -0.0300 e. The molecule has 1 aliphatic rings. The Hall–Kier alpha value is 0. The molecule has 1 aliphatic carbocycles. The molecule has 72 valence electrons. The van der Waals surface area contributed by atoms with Gasteiger partial charge in [-0.15, -0.1) is 0 Å². The molecule has 1 fully saturated rings. The molecule has 0 unspecified atom stereocenters. The predicted molar refractivity (Wildman–Crippen MR) is 55.3 cm³/mol. The van der Waals surface area contributed by atoms with Gasteiger partial charge in [-0.25, -0.2) is 0 Å². The van der Waals surface area contributed by atoms with Crippen LogP contribution in [0.1, 0.15) is 65.7 Å². The van der Waals surface area contributed by atoms with Crippen LogP contribution in [0, 0.1) is 11.3 Å². The van der Waals surface area contributed by atoms with Crippen LogP contribution in [-0.2, 0) is 0 Å². The molecular weight excluding hydrogens is 144 g/mol. The minimum atomic E-state index is 0.751. The summed E-state index contributed by atoms with van der Waals surface area (Å²) in [6, 6.07) is 0. The van der Waals surface area contributed by atoms with Crippen molar-refractivity contribution in [2.24, 2.45) is 11.3 Å². The minimum absolute atomic E-state index is 0.751. The highest BCUT2D eigenvalue weighted by molar-refractivity contribution is 4.83. The van der Waals surface area contributed by atoms with Gasteiger partial charge in [-0.1, -0.05) is 46.5 Å². The Bertz CT molecular complexity index is 118. The lowest BCUT2D eigenvalue weighted by atomic mass is 9.67. The van der Waals surface area contributed by atoms with Crippen LogP contribution >= 0.6 is 0 Å². The van der Waals surface area contributed by atoms with E-state index in [-0.39, 0.29) is 0 Å². The zero-order valence-corrected chi connectivity index (χ0v) is 9.03. The van der Waals surface area contributed by atoms with Crippen LogP contribution in [0.3, 0.4) is 0 Å². The van der Waals surface area contributed by atoms with Gasteiger partial charge in [0.15, 0.2) is 0 Å². The zero-order chi connectivity index (χ0) is 9.03. The molecule has 0 heterocycles. The number of hydrogen-bond acceptors (Lipinski definition) is 0. The van der Waals surface area contributed by atoms with Crippen LogP contribution in [0.4, 0.5) is 0 Å². The standard InChI is InChI=1S/C12H24/c1-4-8-12(5-2)9-6-11(3)7-10-12/h11H,4-10H2,1-3H3. The lowest BCUT2D eigenvalue weighted by Gasteiger charge is -2.38. The zero-order valence-electron chi connectivity index (χ0n) is 9.03. The predicted octanol–water partition coefficient (Wildman–Crippen LogP) is 4.39. The van der Waals surface area contributed by atoms with Crippen LogP contribution < -0.4 is 0 Å². The average Bonchev–Trinajstić information content (AvgIpc) is 2.10. The second kappa shape index (κ2) is 4.30. The van der Waals surface area contributed by atoms with Crippen LogP contribution in [0.25, 0.3) is 0 Å². The van der Waals surface area contributed by atoms with E-state index in [0.717, 1.165) is 11.3 Å². The van der Waals surface area contributed by atoms with Gasteiger partial charge in [0, 0.05) is 0 Å². The Morgan fingerprint density at radius 3 is 2.17 bits per heavy atom. The molecule has 0 atom stereocenters. The van der Waals surface area contributed by atoms with Gasteiger partial charge in [0.2, 0.25) is 0 Å². The molecule has 1 saturated carbocycles. The number of hydrogen-bond donors (Lipinski definition) is 0. The van der Waals surface area contributed by atoms with Gasteiger partial charge in [-0.3, -0.25) is 0 Å². The summed E-state index contributed by atoms with van der Waals surface area (Å²) < 4.78 is 0. The van der Waals surface area contributed by atoms with E-state index >= 15 is 0 Å². The Labute approximate surface area is 77.7 Å². The van der Waals surface area contributed by atoms with Crippen LogP contribution in [0.15, 0.2) is 0 Å². The monoisotopic (exact) mass is 168 g/mol. The van der Waals surface area contributed by atoms with Crippen molar-refractivity contribution in [3.63, 3.8) is 0 Å². The minimum Gasteiger partial charge on any atom is -0.0654 e. The van der Waals surface area contributed by atoms with Gasteiger partial charge in [-0.05, 0) is 30.6 Å². The molecule has 0 heteroatoms.